The molecule has 0 spiro atoms. The normalized spacial score (nSPS) is 21.4. The van der Waals surface area contributed by atoms with Gasteiger partial charge in [-0.05, 0) is 52.6 Å². The summed E-state index contributed by atoms with van der Waals surface area (Å²) in [6, 6.07) is 0.662. The zero-order valence-electron chi connectivity index (χ0n) is 12.6. The Kier molecular flexibility index (Phi) is 5.94. The molecular weight excluding hydrogens is 208 g/mol. The van der Waals surface area contributed by atoms with E-state index < -0.39 is 0 Å². The zero-order valence-corrected chi connectivity index (χ0v) is 12.6. The third-order valence-electron chi connectivity index (χ3n) is 4.44. The minimum Gasteiger partial charge on any atom is -0.312 e. The lowest BCUT2D eigenvalue weighted by atomic mass is 9.95. The second kappa shape index (κ2) is 6.75. The molecule has 1 aliphatic carbocycles. The summed E-state index contributed by atoms with van der Waals surface area (Å²) >= 11 is 0. The number of hydrogen-bond acceptors (Lipinski definition) is 2. The highest BCUT2D eigenvalue weighted by Crippen LogP contribution is 2.33. The number of nitrogens with zero attached hydrogens (tertiary/aromatic N) is 1. The Morgan fingerprint density at radius 1 is 1.06 bits per heavy atom. The van der Waals surface area contributed by atoms with E-state index in [9.17, 15) is 0 Å². The van der Waals surface area contributed by atoms with E-state index in [2.05, 4.69) is 45.1 Å². The van der Waals surface area contributed by atoms with Crippen LogP contribution in [0.1, 0.15) is 59.3 Å². The van der Waals surface area contributed by atoms with Crippen LogP contribution < -0.4 is 5.32 Å². The van der Waals surface area contributed by atoms with E-state index in [1.807, 2.05) is 0 Å². The van der Waals surface area contributed by atoms with E-state index in [-0.39, 0.29) is 0 Å². The predicted octanol–water partition coefficient (Wildman–Crippen LogP) is 3.28. The maximum atomic E-state index is 3.76. The minimum absolute atomic E-state index is 0.437. The van der Waals surface area contributed by atoms with Gasteiger partial charge in [0.05, 0.1) is 0 Å². The molecular formula is C15H32N2. The maximum absolute atomic E-state index is 3.76. The monoisotopic (exact) mass is 240 g/mol. The molecule has 2 heteroatoms. The van der Waals surface area contributed by atoms with Crippen LogP contribution in [0.15, 0.2) is 0 Å². The molecule has 1 unspecified atom stereocenters. The van der Waals surface area contributed by atoms with E-state index in [1.54, 1.807) is 0 Å². The highest BCUT2D eigenvalue weighted by molar-refractivity contribution is 4.94. The summed E-state index contributed by atoms with van der Waals surface area (Å²) < 4.78 is 0. The van der Waals surface area contributed by atoms with Crippen LogP contribution in [-0.4, -0.2) is 37.1 Å². The summed E-state index contributed by atoms with van der Waals surface area (Å²) in [5.74, 6) is 0.827. The molecule has 0 saturated heterocycles. The van der Waals surface area contributed by atoms with Crippen LogP contribution in [0.25, 0.3) is 0 Å². The first kappa shape index (κ1) is 15.0. The van der Waals surface area contributed by atoms with E-state index in [0.717, 1.165) is 5.92 Å². The van der Waals surface area contributed by atoms with Gasteiger partial charge in [-0.25, -0.2) is 0 Å². The second-order valence-corrected chi connectivity index (χ2v) is 6.58. The highest BCUT2D eigenvalue weighted by atomic mass is 15.2. The van der Waals surface area contributed by atoms with Crippen molar-refractivity contribution in [3.63, 3.8) is 0 Å². The number of hydrogen-bond donors (Lipinski definition) is 1. The van der Waals surface area contributed by atoms with Gasteiger partial charge in [-0.3, -0.25) is 0 Å². The lowest BCUT2D eigenvalue weighted by Gasteiger charge is -2.37. The van der Waals surface area contributed by atoms with Crippen LogP contribution in [0.5, 0.6) is 0 Å². The summed E-state index contributed by atoms with van der Waals surface area (Å²) in [5, 5.41) is 3.76. The molecule has 1 saturated carbocycles. The van der Waals surface area contributed by atoms with Crippen LogP contribution in [0, 0.1) is 5.92 Å². The number of likely N-dealkylation sites (N-methyl/N-ethyl adjacent to an activating group) is 1. The van der Waals surface area contributed by atoms with Crippen LogP contribution in [-0.2, 0) is 0 Å². The number of rotatable bonds is 7. The first-order valence-corrected chi connectivity index (χ1v) is 7.37. The van der Waals surface area contributed by atoms with Crippen LogP contribution >= 0.6 is 0 Å². The van der Waals surface area contributed by atoms with Gasteiger partial charge in [0.2, 0.25) is 0 Å². The summed E-state index contributed by atoms with van der Waals surface area (Å²) in [6.45, 7) is 8.12. The van der Waals surface area contributed by atoms with Gasteiger partial charge in [-0.1, -0.05) is 26.7 Å². The minimum atomic E-state index is 0.437. The fourth-order valence-electron chi connectivity index (χ4n) is 2.86. The molecule has 1 rings (SSSR count). The molecule has 1 aliphatic rings. The summed E-state index contributed by atoms with van der Waals surface area (Å²) in [4.78, 5) is 2.45. The standard InChI is InChI=1S/C15H32N2/c1-13(2)8-9-14(3)16-12-15(17(4)5)10-6-7-11-15/h13-14,16H,6-12H2,1-5H3. The molecule has 102 valence electrons. The van der Waals surface area contributed by atoms with Gasteiger partial charge in [0.1, 0.15) is 0 Å². The van der Waals surface area contributed by atoms with Crippen molar-refractivity contribution in [1.82, 2.24) is 10.2 Å². The molecule has 0 radical (unpaired) electrons. The first-order chi connectivity index (χ1) is 7.96. The third-order valence-corrected chi connectivity index (χ3v) is 4.44. The fraction of sp³-hybridized carbons (Fsp3) is 1.00. The topological polar surface area (TPSA) is 15.3 Å². The molecule has 1 fully saturated rings. The Labute approximate surface area is 108 Å². The molecule has 1 atom stereocenters. The van der Waals surface area contributed by atoms with Crippen LogP contribution in [0.4, 0.5) is 0 Å². The van der Waals surface area contributed by atoms with E-state index >= 15 is 0 Å². The summed E-state index contributed by atoms with van der Waals surface area (Å²) in [7, 11) is 4.48. The molecule has 0 aromatic rings. The van der Waals surface area contributed by atoms with Gasteiger partial charge in [0.25, 0.3) is 0 Å². The van der Waals surface area contributed by atoms with Gasteiger partial charge in [0, 0.05) is 18.1 Å². The molecule has 1 N–H and O–H groups in total. The lowest BCUT2D eigenvalue weighted by Crippen LogP contribution is -2.51. The van der Waals surface area contributed by atoms with Gasteiger partial charge < -0.3 is 10.2 Å². The van der Waals surface area contributed by atoms with E-state index in [4.69, 9.17) is 0 Å². The van der Waals surface area contributed by atoms with E-state index in [1.165, 1.54) is 45.1 Å². The molecule has 2 nitrogen and oxygen atoms in total. The molecule has 0 heterocycles. The van der Waals surface area contributed by atoms with Gasteiger partial charge in [0.15, 0.2) is 0 Å². The molecule has 0 aromatic carbocycles. The summed E-state index contributed by atoms with van der Waals surface area (Å²) in [6.07, 6.45) is 8.18. The van der Waals surface area contributed by atoms with E-state index in [0.29, 0.717) is 11.6 Å². The Bertz CT molecular complexity index is 205. The fourth-order valence-corrected chi connectivity index (χ4v) is 2.86. The van der Waals surface area contributed by atoms with Crippen LogP contribution in [0.2, 0.25) is 0 Å². The first-order valence-electron chi connectivity index (χ1n) is 7.37. The second-order valence-electron chi connectivity index (χ2n) is 6.58. The van der Waals surface area contributed by atoms with Gasteiger partial charge in [-0.2, -0.15) is 0 Å². The van der Waals surface area contributed by atoms with Crippen molar-refractivity contribution in [2.75, 3.05) is 20.6 Å². The Morgan fingerprint density at radius 3 is 2.12 bits per heavy atom. The SMILES string of the molecule is CC(C)CCC(C)NCC1(N(C)C)CCCC1. The van der Waals surface area contributed by atoms with Crippen molar-refractivity contribution in [2.24, 2.45) is 5.92 Å². The molecule has 0 bridgehead atoms. The average Bonchev–Trinajstić information content (AvgIpc) is 2.73. The van der Waals surface area contributed by atoms with Gasteiger partial charge >= 0.3 is 0 Å². The van der Waals surface area contributed by atoms with Crippen molar-refractivity contribution in [1.29, 1.82) is 0 Å². The van der Waals surface area contributed by atoms with Gasteiger partial charge in [-0.15, -0.1) is 0 Å². The van der Waals surface area contributed by atoms with Crippen molar-refractivity contribution in [2.45, 2.75) is 70.9 Å². The Morgan fingerprint density at radius 2 is 1.65 bits per heavy atom. The lowest BCUT2D eigenvalue weighted by molar-refractivity contribution is 0.149. The van der Waals surface area contributed by atoms with Crippen molar-refractivity contribution >= 4 is 0 Å². The highest BCUT2D eigenvalue weighted by Gasteiger charge is 2.35. The maximum Gasteiger partial charge on any atom is 0.0327 e. The zero-order chi connectivity index (χ0) is 12.9. The average molecular weight is 240 g/mol. The molecule has 17 heavy (non-hydrogen) atoms. The van der Waals surface area contributed by atoms with Crippen molar-refractivity contribution < 1.29 is 0 Å². The Balaban J connectivity index is 2.32. The van der Waals surface area contributed by atoms with Crippen LogP contribution in [0.3, 0.4) is 0 Å². The summed E-state index contributed by atoms with van der Waals surface area (Å²) in [5.41, 5.74) is 0.437. The Hall–Kier alpha value is -0.0800. The molecule has 0 amide bonds. The largest absolute Gasteiger partial charge is 0.312 e. The predicted molar refractivity (Wildman–Crippen MR) is 76.4 cm³/mol. The number of nitrogens with one attached hydrogen (secondary N) is 1. The van der Waals surface area contributed by atoms with Crippen molar-refractivity contribution in [3.8, 4) is 0 Å². The third kappa shape index (κ3) is 4.59. The quantitative estimate of drug-likeness (QED) is 0.735. The molecule has 0 aromatic heterocycles. The van der Waals surface area contributed by atoms with Crippen molar-refractivity contribution in [3.05, 3.63) is 0 Å². The molecule has 0 aliphatic heterocycles. The smallest absolute Gasteiger partial charge is 0.0327 e.